The standard InChI is InChI=1S/C26H25N5O3/c1-15-18-8-4-9-20(25(32)28-16-6-3-7-17(14-16)31(33)34)19(18)12-13-26(15,2)21-10-5-11-22-23(21)24(27)30-29-22/h3-12,14-15,18H,13H2,1-2H3,(H,28,32)(H3,27,29,30). The molecule has 3 unspecified atom stereocenters. The third-order valence-electron chi connectivity index (χ3n) is 7.33. The fourth-order valence-corrected chi connectivity index (χ4v) is 5.27. The Morgan fingerprint density at radius 2 is 2.09 bits per heavy atom. The third kappa shape index (κ3) is 3.39. The number of hydrogen-bond donors (Lipinski definition) is 3. The van der Waals surface area contributed by atoms with Crippen LogP contribution in [0.2, 0.25) is 0 Å². The van der Waals surface area contributed by atoms with Crippen molar-refractivity contribution in [2.24, 2.45) is 11.8 Å². The summed E-state index contributed by atoms with van der Waals surface area (Å²) in [6.07, 6.45) is 8.73. The van der Waals surface area contributed by atoms with Crippen molar-refractivity contribution >= 4 is 34.0 Å². The molecular formula is C26H25N5O3. The molecule has 3 aromatic rings. The molecule has 0 aliphatic heterocycles. The highest BCUT2D eigenvalue weighted by Gasteiger charge is 2.43. The Kier molecular flexibility index (Phi) is 5.08. The minimum absolute atomic E-state index is 0.0398. The van der Waals surface area contributed by atoms with Gasteiger partial charge in [0.05, 0.1) is 10.4 Å². The lowest BCUT2D eigenvalue weighted by Crippen LogP contribution is -2.40. The van der Waals surface area contributed by atoms with E-state index in [1.165, 1.54) is 12.1 Å². The van der Waals surface area contributed by atoms with Crippen LogP contribution < -0.4 is 11.1 Å². The number of benzene rings is 2. The van der Waals surface area contributed by atoms with Gasteiger partial charge in [-0.25, -0.2) is 0 Å². The summed E-state index contributed by atoms with van der Waals surface area (Å²) >= 11 is 0. The van der Waals surface area contributed by atoms with E-state index in [0.717, 1.165) is 28.5 Å². The largest absolute Gasteiger partial charge is 0.382 e. The summed E-state index contributed by atoms with van der Waals surface area (Å²) < 4.78 is 0. The number of amides is 1. The molecule has 34 heavy (non-hydrogen) atoms. The van der Waals surface area contributed by atoms with E-state index in [4.69, 9.17) is 5.73 Å². The zero-order valence-corrected chi connectivity index (χ0v) is 18.9. The number of nitrogens with two attached hydrogens (primary N) is 1. The normalized spacial score (nSPS) is 23.7. The Balaban J connectivity index is 1.47. The first-order chi connectivity index (χ1) is 16.3. The van der Waals surface area contributed by atoms with Crippen LogP contribution in [0.4, 0.5) is 17.2 Å². The Morgan fingerprint density at radius 1 is 1.29 bits per heavy atom. The number of aromatic nitrogens is 2. The molecule has 8 heteroatoms. The van der Waals surface area contributed by atoms with Crippen LogP contribution in [-0.2, 0) is 10.2 Å². The number of aromatic amines is 1. The molecule has 0 spiro atoms. The molecule has 0 saturated carbocycles. The molecule has 0 bridgehead atoms. The fourth-order valence-electron chi connectivity index (χ4n) is 5.27. The average molecular weight is 456 g/mol. The second-order valence-corrected chi connectivity index (χ2v) is 9.16. The molecule has 5 rings (SSSR count). The van der Waals surface area contributed by atoms with Crippen molar-refractivity contribution in [3.8, 4) is 0 Å². The summed E-state index contributed by atoms with van der Waals surface area (Å²) in [7, 11) is 0. The van der Waals surface area contributed by atoms with Crippen molar-refractivity contribution < 1.29 is 9.72 Å². The van der Waals surface area contributed by atoms with E-state index in [2.05, 4.69) is 47.6 Å². The molecule has 3 atom stereocenters. The summed E-state index contributed by atoms with van der Waals surface area (Å²) in [5, 5.41) is 22.1. The number of nitrogen functional groups attached to an aromatic ring is 1. The molecule has 0 fully saturated rings. The summed E-state index contributed by atoms with van der Waals surface area (Å²) in [5.74, 6) is 0.430. The maximum absolute atomic E-state index is 13.2. The van der Waals surface area contributed by atoms with Gasteiger partial charge in [0.1, 0.15) is 0 Å². The lowest BCUT2D eigenvalue weighted by molar-refractivity contribution is -0.384. The van der Waals surface area contributed by atoms with Crippen molar-refractivity contribution in [2.75, 3.05) is 11.1 Å². The molecule has 0 saturated heterocycles. The number of H-pyrrole nitrogens is 1. The topological polar surface area (TPSA) is 127 Å². The molecule has 1 aromatic heterocycles. The zero-order chi connectivity index (χ0) is 24.0. The van der Waals surface area contributed by atoms with Gasteiger partial charge in [0.15, 0.2) is 5.82 Å². The number of fused-ring (bicyclic) bond motifs is 2. The summed E-state index contributed by atoms with van der Waals surface area (Å²) in [6, 6.07) is 12.1. The number of nitro benzene ring substituents is 1. The van der Waals surface area contributed by atoms with E-state index in [1.807, 2.05) is 18.2 Å². The summed E-state index contributed by atoms with van der Waals surface area (Å²) in [6.45, 7) is 4.44. The SMILES string of the molecule is CC1C2C=CC=C(C(=O)Nc3cccc([N+](=O)[O-])c3)C2=CCC1(C)c1cccc2[nH]nc(N)c12. The van der Waals surface area contributed by atoms with Gasteiger partial charge in [-0.1, -0.05) is 50.3 Å². The number of anilines is 2. The molecule has 8 nitrogen and oxygen atoms in total. The minimum atomic E-state index is -0.478. The predicted molar refractivity (Wildman–Crippen MR) is 132 cm³/mol. The van der Waals surface area contributed by atoms with Gasteiger partial charge in [-0.3, -0.25) is 20.0 Å². The minimum Gasteiger partial charge on any atom is -0.382 e. The van der Waals surface area contributed by atoms with Crippen molar-refractivity contribution in [2.45, 2.75) is 25.7 Å². The number of allylic oxidation sites excluding steroid dienone is 4. The van der Waals surface area contributed by atoms with Gasteiger partial charge in [-0.05, 0) is 41.7 Å². The molecule has 2 aliphatic carbocycles. The molecule has 4 N–H and O–H groups in total. The van der Waals surface area contributed by atoms with Crippen LogP contribution >= 0.6 is 0 Å². The predicted octanol–water partition coefficient (Wildman–Crippen LogP) is 5.03. The zero-order valence-electron chi connectivity index (χ0n) is 18.9. The summed E-state index contributed by atoms with van der Waals surface area (Å²) in [5.41, 5.74) is 9.93. The van der Waals surface area contributed by atoms with E-state index in [1.54, 1.807) is 18.2 Å². The van der Waals surface area contributed by atoms with Crippen LogP contribution in [0.1, 0.15) is 25.8 Å². The lowest BCUT2D eigenvalue weighted by atomic mass is 9.58. The number of carbonyl (C=O) groups excluding carboxylic acids is 1. The molecule has 1 amide bonds. The van der Waals surface area contributed by atoms with Gasteiger partial charge < -0.3 is 11.1 Å². The van der Waals surface area contributed by atoms with Gasteiger partial charge >= 0.3 is 0 Å². The highest BCUT2D eigenvalue weighted by molar-refractivity contribution is 6.07. The second-order valence-electron chi connectivity index (χ2n) is 9.16. The third-order valence-corrected chi connectivity index (χ3v) is 7.33. The van der Waals surface area contributed by atoms with Crippen LogP contribution in [0.15, 0.2) is 77.9 Å². The van der Waals surface area contributed by atoms with E-state index in [-0.39, 0.29) is 28.8 Å². The first kappa shape index (κ1) is 21.6. The second kappa shape index (κ2) is 7.98. The number of carbonyl (C=O) groups is 1. The van der Waals surface area contributed by atoms with Crippen molar-refractivity contribution in [1.82, 2.24) is 10.2 Å². The highest BCUT2D eigenvalue weighted by Crippen LogP contribution is 2.50. The first-order valence-electron chi connectivity index (χ1n) is 11.2. The van der Waals surface area contributed by atoms with E-state index < -0.39 is 4.92 Å². The maximum Gasteiger partial charge on any atom is 0.271 e. The Morgan fingerprint density at radius 3 is 2.88 bits per heavy atom. The van der Waals surface area contributed by atoms with E-state index >= 15 is 0 Å². The highest BCUT2D eigenvalue weighted by atomic mass is 16.6. The van der Waals surface area contributed by atoms with Gasteiger partial charge in [0, 0.05) is 40.1 Å². The summed E-state index contributed by atoms with van der Waals surface area (Å²) in [4.78, 5) is 23.8. The molecule has 2 aromatic carbocycles. The molecule has 2 aliphatic rings. The smallest absolute Gasteiger partial charge is 0.271 e. The van der Waals surface area contributed by atoms with E-state index in [9.17, 15) is 14.9 Å². The number of non-ortho nitro benzene ring substituents is 1. The van der Waals surface area contributed by atoms with Crippen molar-refractivity contribution in [3.63, 3.8) is 0 Å². The van der Waals surface area contributed by atoms with Crippen molar-refractivity contribution in [3.05, 3.63) is 93.6 Å². The van der Waals surface area contributed by atoms with E-state index in [0.29, 0.717) is 17.1 Å². The Hall–Kier alpha value is -4.20. The van der Waals surface area contributed by atoms with Crippen LogP contribution in [0.3, 0.4) is 0 Å². The molecule has 0 radical (unpaired) electrons. The molecular weight excluding hydrogens is 430 g/mol. The Bertz CT molecular complexity index is 1420. The van der Waals surface area contributed by atoms with Gasteiger partial charge in [-0.2, -0.15) is 5.10 Å². The monoisotopic (exact) mass is 455 g/mol. The average Bonchev–Trinajstić information content (AvgIpc) is 3.22. The molecule has 172 valence electrons. The van der Waals surface area contributed by atoms with Gasteiger partial charge in [-0.15, -0.1) is 0 Å². The van der Waals surface area contributed by atoms with Crippen LogP contribution in [-0.4, -0.2) is 21.0 Å². The number of rotatable bonds is 4. The first-order valence-corrected chi connectivity index (χ1v) is 11.2. The molecule has 1 heterocycles. The number of nitrogens with zero attached hydrogens (tertiary/aromatic N) is 2. The maximum atomic E-state index is 13.2. The quantitative estimate of drug-likeness (QED) is 0.376. The lowest BCUT2D eigenvalue weighted by Gasteiger charge is -2.45. The number of nitrogens with one attached hydrogen (secondary N) is 2. The van der Waals surface area contributed by atoms with Crippen LogP contribution in [0, 0.1) is 22.0 Å². The Labute approximate surface area is 196 Å². The van der Waals surface area contributed by atoms with Gasteiger partial charge in [0.2, 0.25) is 0 Å². The van der Waals surface area contributed by atoms with Crippen LogP contribution in [0.5, 0.6) is 0 Å². The van der Waals surface area contributed by atoms with Crippen LogP contribution in [0.25, 0.3) is 10.9 Å². The number of hydrogen-bond acceptors (Lipinski definition) is 5. The van der Waals surface area contributed by atoms with Crippen molar-refractivity contribution in [1.29, 1.82) is 0 Å². The van der Waals surface area contributed by atoms with Gasteiger partial charge in [0.25, 0.3) is 11.6 Å². The number of nitro groups is 1. The fraction of sp³-hybridized carbons (Fsp3) is 0.231.